The lowest BCUT2D eigenvalue weighted by atomic mass is 10.2. The van der Waals surface area contributed by atoms with Crippen LogP contribution in [0.2, 0.25) is 0 Å². The van der Waals surface area contributed by atoms with Crippen LogP contribution >= 0.6 is 0 Å². The summed E-state index contributed by atoms with van der Waals surface area (Å²) in [6.45, 7) is 13.1. The molecule has 1 aliphatic rings. The van der Waals surface area contributed by atoms with Gasteiger partial charge in [-0.05, 0) is 13.5 Å². The summed E-state index contributed by atoms with van der Waals surface area (Å²) in [6.07, 6.45) is 0. The van der Waals surface area contributed by atoms with Gasteiger partial charge in [-0.3, -0.25) is 9.69 Å². The quantitative estimate of drug-likeness (QED) is 0.759. The van der Waals surface area contributed by atoms with E-state index in [0.29, 0.717) is 0 Å². The Morgan fingerprint density at radius 2 is 1.80 bits per heavy atom. The Kier molecular flexibility index (Phi) is 7.34. The van der Waals surface area contributed by atoms with Crippen LogP contribution in [0.15, 0.2) is 0 Å². The predicted molar refractivity (Wildman–Crippen MR) is 65.8 cm³/mol. The van der Waals surface area contributed by atoms with Crippen molar-refractivity contribution >= 4 is 5.91 Å². The van der Waals surface area contributed by atoms with E-state index < -0.39 is 0 Å². The Bertz CT molecular complexity index is 182. The van der Waals surface area contributed by atoms with Crippen molar-refractivity contribution in [1.82, 2.24) is 9.80 Å². The van der Waals surface area contributed by atoms with Gasteiger partial charge in [-0.1, -0.05) is 20.8 Å². The molecule has 0 aromatic rings. The molecular formula is C11H27N3O. The molecule has 1 amide bonds. The van der Waals surface area contributed by atoms with E-state index in [4.69, 9.17) is 5.73 Å². The van der Waals surface area contributed by atoms with E-state index in [1.54, 1.807) is 0 Å². The number of piperazine rings is 1. The van der Waals surface area contributed by atoms with Gasteiger partial charge in [0.15, 0.2) is 0 Å². The van der Waals surface area contributed by atoms with Crippen molar-refractivity contribution in [1.29, 1.82) is 0 Å². The normalized spacial score (nSPS) is 20.3. The lowest BCUT2D eigenvalue weighted by molar-refractivity contribution is -0.123. The SMILES string of the molecule is CC.CCN1CCN([C@H](C)C(N)=O)CC1.[HH]. The molecule has 15 heavy (non-hydrogen) atoms. The summed E-state index contributed by atoms with van der Waals surface area (Å²) >= 11 is 0. The van der Waals surface area contributed by atoms with Gasteiger partial charge in [0.05, 0.1) is 6.04 Å². The van der Waals surface area contributed by atoms with Crippen LogP contribution < -0.4 is 5.73 Å². The van der Waals surface area contributed by atoms with Crippen molar-refractivity contribution in [2.75, 3.05) is 32.7 Å². The highest BCUT2D eigenvalue weighted by Crippen LogP contribution is 2.05. The number of amides is 1. The number of nitrogens with two attached hydrogens (primary N) is 1. The lowest BCUT2D eigenvalue weighted by Gasteiger charge is -2.36. The van der Waals surface area contributed by atoms with E-state index in [2.05, 4.69) is 16.7 Å². The first kappa shape index (κ1) is 14.4. The van der Waals surface area contributed by atoms with Crippen molar-refractivity contribution in [2.45, 2.75) is 33.7 Å². The number of hydrogen-bond donors (Lipinski definition) is 1. The number of likely N-dealkylation sites (N-methyl/N-ethyl adjacent to an activating group) is 1. The van der Waals surface area contributed by atoms with Gasteiger partial charge in [-0.15, -0.1) is 0 Å². The van der Waals surface area contributed by atoms with Crippen molar-refractivity contribution in [3.8, 4) is 0 Å². The van der Waals surface area contributed by atoms with Crippen LogP contribution in [0.5, 0.6) is 0 Å². The Hall–Kier alpha value is -0.610. The maximum atomic E-state index is 10.9. The summed E-state index contributed by atoms with van der Waals surface area (Å²) < 4.78 is 0. The second kappa shape index (κ2) is 7.65. The molecule has 0 aliphatic carbocycles. The second-order valence-electron chi connectivity index (χ2n) is 3.55. The fraction of sp³-hybridized carbons (Fsp3) is 0.909. The van der Waals surface area contributed by atoms with E-state index in [1.807, 2.05) is 20.8 Å². The highest BCUT2D eigenvalue weighted by atomic mass is 16.1. The average Bonchev–Trinajstić information content (AvgIpc) is 2.31. The predicted octanol–water partition coefficient (Wildman–Crippen LogP) is 0.770. The molecule has 0 unspecified atom stereocenters. The minimum atomic E-state index is -0.218. The number of rotatable bonds is 3. The molecule has 0 radical (unpaired) electrons. The smallest absolute Gasteiger partial charge is 0.234 e. The van der Waals surface area contributed by atoms with E-state index in [-0.39, 0.29) is 13.4 Å². The molecule has 0 spiro atoms. The molecule has 1 atom stereocenters. The largest absolute Gasteiger partial charge is 0.368 e. The molecule has 2 N–H and O–H groups in total. The van der Waals surface area contributed by atoms with Crippen LogP contribution in [0.4, 0.5) is 0 Å². The first-order chi connectivity index (χ1) is 7.15. The fourth-order valence-corrected chi connectivity index (χ4v) is 1.65. The summed E-state index contributed by atoms with van der Waals surface area (Å²) in [6, 6.07) is -0.112. The van der Waals surface area contributed by atoms with Gasteiger partial charge < -0.3 is 10.6 Å². The van der Waals surface area contributed by atoms with Gasteiger partial charge in [0, 0.05) is 27.6 Å². The van der Waals surface area contributed by atoms with E-state index >= 15 is 0 Å². The fourth-order valence-electron chi connectivity index (χ4n) is 1.65. The van der Waals surface area contributed by atoms with Crippen LogP contribution in [0.3, 0.4) is 0 Å². The molecule has 1 aliphatic heterocycles. The molecule has 0 aromatic heterocycles. The zero-order valence-electron chi connectivity index (χ0n) is 10.5. The zero-order valence-corrected chi connectivity index (χ0v) is 10.5. The Morgan fingerprint density at radius 1 is 1.33 bits per heavy atom. The van der Waals surface area contributed by atoms with Crippen molar-refractivity contribution in [3.63, 3.8) is 0 Å². The number of carbonyl (C=O) groups is 1. The first-order valence-electron chi connectivity index (χ1n) is 5.91. The summed E-state index contributed by atoms with van der Waals surface area (Å²) in [7, 11) is 0. The Balaban J connectivity index is 0. The summed E-state index contributed by atoms with van der Waals surface area (Å²) in [5.74, 6) is -0.218. The minimum Gasteiger partial charge on any atom is -0.368 e. The topological polar surface area (TPSA) is 49.6 Å². The van der Waals surface area contributed by atoms with Gasteiger partial charge >= 0.3 is 0 Å². The monoisotopic (exact) mass is 217 g/mol. The Morgan fingerprint density at radius 3 is 2.13 bits per heavy atom. The zero-order chi connectivity index (χ0) is 11.8. The number of carbonyl (C=O) groups excluding carboxylic acids is 1. The van der Waals surface area contributed by atoms with Gasteiger partial charge in [0.2, 0.25) is 5.91 Å². The Labute approximate surface area is 94.9 Å². The highest BCUT2D eigenvalue weighted by molar-refractivity contribution is 5.79. The van der Waals surface area contributed by atoms with Crippen molar-refractivity contribution < 1.29 is 6.22 Å². The molecule has 1 saturated heterocycles. The highest BCUT2D eigenvalue weighted by Gasteiger charge is 2.22. The molecular weight excluding hydrogens is 190 g/mol. The van der Waals surface area contributed by atoms with Crippen LogP contribution in [0.25, 0.3) is 0 Å². The molecule has 0 aromatic carbocycles. The van der Waals surface area contributed by atoms with Crippen molar-refractivity contribution in [2.24, 2.45) is 5.73 Å². The molecule has 4 heteroatoms. The van der Waals surface area contributed by atoms with Gasteiger partial charge in [-0.2, -0.15) is 0 Å². The van der Waals surface area contributed by atoms with Crippen molar-refractivity contribution in [3.05, 3.63) is 0 Å². The van der Waals surface area contributed by atoms with E-state index in [9.17, 15) is 4.79 Å². The first-order valence-corrected chi connectivity index (χ1v) is 5.91. The number of hydrogen-bond acceptors (Lipinski definition) is 3. The molecule has 92 valence electrons. The minimum absolute atomic E-state index is 0. The third kappa shape index (κ3) is 4.62. The van der Waals surface area contributed by atoms with E-state index in [0.717, 1.165) is 32.7 Å². The molecule has 1 rings (SSSR count). The van der Waals surface area contributed by atoms with Crippen LogP contribution in [-0.2, 0) is 4.79 Å². The summed E-state index contributed by atoms with van der Waals surface area (Å²) in [5.41, 5.74) is 5.24. The maximum Gasteiger partial charge on any atom is 0.234 e. The molecule has 1 heterocycles. The second-order valence-corrected chi connectivity index (χ2v) is 3.55. The number of primary amides is 1. The standard InChI is InChI=1S/C9H19N3O.C2H6.H2/c1-3-11-4-6-12(7-5-11)8(2)9(10)13;1-2;/h8H,3-7H2,1-2H3,(H2,10,13);1-2H3;1H/t8-;;/m1../s1. The average molecular weight is 217 g/mol. The maximum absolute atomic E-state index is 10.9. The number of nitrogens with zero attached hydrogens (tertiary/aromatic N) is 2. The van der Waals surface area contributed by atoms with Gasteiger partial charge in [-0.25, -0.2) is 0 Å². The van der Waals surface area contributed by atoms with Gasteiger partial charge in [0.1, 0.15) is 0 Å². The van der Waals surface area contributed by atoms with E-state index in [1.165, 1.54) is 0 Å². The molecule has 1 fully saturated rings. The molecule has 4 nitrogen and oxygen atoms in total. The summed E-state index contributed by atoms with van der Waals surface area (Å²) in [5, 5.41) is 0. The lowest BCUT2D eigenvalue weighted by Crippen LogP contribution is -2.52. The molecule has 0 bridgehead atoms. The van der Waals surface area contributed by atoms with Crippen LogP contribution in [0.1, 0.15) is 29.1 Å². The van der Waals surface area contributed by atoms with Crippen LogP contribution in [-0.4, -0.2) is 54.5 Å². The third-order valence-corrected chi connectivity index (χ3v) is 2.81. The molecule has 0 saturated carbocycles. The van der Waals surface area contributed by atoms with Gasteiger partial charge in [0.25, 0.3) is 0 Å². The summed E-state index contributed by atoms with van der Waals surface area (Å²) in [4.78, 5) is 15.4. The third-order valence-electron chi connectivity index (χ3n) is 2.81. The van der Waals surface area contributed by atoms with Crippen LogP contribution in [0, 0.1) is 0 Å².